The molecule has 2 aromatic carbocycles. The molecule has 0 spiro atoms. The van der Waals surface area contributed by atoms with Crippen LogP contribution in [-0.2, 0) is 17.8 Å². The first-order chi connectivity index (χ1) is 16.6. The van der Waals surface area contributed by atoms with E-state index in [4.69, 9.17) is 18.7 Å². The molecule has 1 amide bonds. The minimum Gasteiger partial charge on any atom is -0.497 e. The van der Waals surface area contributed by atoms with Gasteiger partial charge in [-0.1, -0.05) is 11.2 Å². The van der Waals surface area contributed by atoms with Crippen molar-refractivity contribution in [3.63, 3.8) is 0 Å². The van der Waals surface area contributed by atoms with Crippen LogP contribution in [0, 0.1) is 0 Å². The summed E-state index contributed by atoms with van der Waals surface area (Å²) in [7, 11) is 4.89. The maximum atomic E-state index is 12.7. The van der Waals surface area contributed by atoms with Gasteiger partial charge in [-0.25, -0.2) is 0 Å². The molecule has 0 unspecified atom stereocenters. The monoisotopic (exact) mass is 466 g/mol. The molecule has 0 N–H and O–H groups in total. The van der Waals surface area contributed by atoms with E-state index in [-0.39, 0.29) is 5.91 Å². The quantitative estimate of drug-likeness (QED) is 0.475. The van der Waals surface area contributed by atoms with Gasteiger partial charge in [0.25, 0.3) is 0 Å². The van der Waals surface area contributed by atoms with E-state index in [1.54, 1.807) is 21.3 Å². The Morgan fingerprint density at radius 1 is 0.941 bits per heavy atom. The van der Waals surface area contributed by atoms with Gasteiger partial charge >= 0.3 is 0 Å². The van der Waals surface area contributed by atoms with Gasteiger partial charge in [-0.05, 0) is 42.0 Å². The van der Waals surface area contributed by atoms with Crippen molar-refractivity contribution in [3.05, 3.63) is 53.9 Å². The number of benzene rings is 2. The highest BCUT2D eigenvalue weighted by atomic mass is 16.5. The highest BCUT2D eigenvalue weighted by molar-refractivity contribution is 5.76. The fourth-order valence-corrected chi connectivity index (χ4v) is 3.98. The second-order valence-electron chi connectivity index (χ2n) is 8.09. The fourth-order valence-electron chi connectivity index (χ4n) is 3.98. The molecule has 1 aliphatic heterocycles. The summed E-state index contributed by atoms with van der Waals surface area (Å²) in [5.41, 5.74) is 1.99. The average molecular weight is 467 g/mol. The number of methoxy groups -OCH3 is 3. The molecule has 0 saturated carbocycles. The Labute approximate surface area is 199 Å². The molecule has 0 atom stereocenters. The standard InChI is InChI=1S/C25H30N4O5/c1-31-20-7-5-19(6-8-20)25-26-23(34-27-25)10-11-24(30)29-14-12-28(13-15-29)17-18-4-9-21(32-2)22(16-18)33-3/h4-9,16H,10-15,17H2,1-3H3. The Bertz CT molecular complexity index is 1090. The lowest BCUT2D eigenvalue weighted by atomic mass is 10.1. The van der Waals surface area contributed by atoms with E-state index >= 15 is 0 Å². The minimum absolute atomic E-state index is 0.106. The third kappa shape index (κ3) is 5.66. The van der Waals surface area contributed by atoms with E-state index in [2.05, 4.69) is 15.0 Å². The van der Waals surface area contributed by atoms with Crippen molar-refractivity contribution in [2.24, 2.45) is 0 Å². The van der Waals surface area contributed by atoms with Crippen molar-refractivity contribution in [1.29, 1.82) is 0 Å². The third-order valence-electron chi connectivity index (χ3n) is 5.95. The van der Waals surface area contributed by atoms with Crippen LogP contribution in [0.5, 0.6) is 17.2 Å². The SMILES string of the molecule is COc1ccc(-c2noc(CCC(=O)N3CCN(Cc4ccc(OC)c(OC)c4)CC3)n2)cc1. The number of nitrogens with zero attached hydrogens (tertiary/aromatic N) is 4. The topological polar surface area (TPSA) is 90.2 Å². The Kier molecular flexibility index (Phi) is 7.64. The predicted octanol–water partition coefficient (Wildman–Crippen LogP) is 3.04. The van der Waals surface area contributed by atoms with E-state index in [0.29, 0.717) is 37.6 Å². The summed E-state index contributed by atoms with van der Waals surface area (Å²) in [6.07, 6.45) is 0.772. The van der Waals surface area contributed by atoms with Gasteiger partial charge in [0.1, 0.15) is 5.75 Å². The molecule has 4 rings (SSSR count). The van der Waals surface area contributed by atoms with Crippen molar-refractivity contribution in [1.82, 2.24) is 19.9 Å². The Hall–Kier alpha value is -3.59. The number of carbonyl (C=O) groups is 1. The number of carbonyl (C=O) groups excluding carboxylic acids is 1. The van der Waals surface area contributed by atoms with Crippen molar-refractivity contribution in [2.45, 2.75) is 19.4 Å². The number of hydrogen-bond donors (Lipinski definition) is 0. The molecular formula is C25H30N4O5. The molecular weight excluding hydrogens is 436 g/mol. The molecule has 9 heteroatoms. The number of amides is 1. The molecule has 34 heavy (non-hydrogen) atoms. The summed E-state index contributed by atoms with van der Waals surface area (Å²) in [5, 5.41) is 4.03. The Morgan fingerprint density at radius 2 is 1.68 bits per heavy atom. The summed E-state index contributed by atoms with van der Waals surface area (Å²) in [4.78, 5) is 21.4. The zero-order valence-electron chi connectivity index (χ0n) is 19.8. The number of aromatic nitrogens is 2. The molecule has 0 bridgehead atoms. The second kappa shape index (κ2) is 11.0. The molecule has 3 aromatic rings. The number of aryl methyl sites for hydroxylation is 1. The molecule has 2 heterocycles. The van der Waals surface area contributed by atoms with Gasteiger partial charge in [0.15, 0.2) is 11.5 Å². The van der Waals surface area contributed by atoms with Crippen LogP contribution >= 0.6 is 0 Å². The van der Waals surface area contributed by atoms with E-state index in [9.17, 15) is 4.79 Å². The van der Waals surface area contributed by atoms with Crippen LogP contribution in [0.2, 0.25) is 0 Å². The summed E-state index contributed by atoms with van der Waals surface area (Å²) < 4.78 is 21.2. The van der Waals surface area contributed by atoms with E-state index in [0.717, 1.165) is 48.0 Å². The molecule has 180 valence electrons. The van der Waals surface area contributed by atoms with Gasteiger partial charge < -0.3 is 23.6 Å². The molecule has 9 nitrogen and oxygen atoms in total. The number of rotatable bonds is 9. The van der Waals surface area contributed by atoms with E-state index < -0.39 is 0 Å². The predicted molar refractivity (Wildman–Crippen MR) is 126 cm³/mol. The molecule has 1 aromatic heterocycles. The largest absolute Gasteiger partial charge is 0.497 e. The van der Waals surface area contributed by atoms with Crippen LogP contribution in [0.25, 0.3) is 11.4 Å². The van der Waals surface area contributed by atoms with Crippen LogP contribution < -0.4 is 14.2 Å². The molecule has 1 saturated heterocycles. The summed E-state index contributed by atoms with van der Waals surface area (Å²) >= 11 is 0. The smallest absolute Gasteiger partial charge is 0.227 e. The van der Waals surface area contributed by atoms with Crippen molar-refractivity contribution < 1.29 is 23.5 Å². The van der Waals surface area contributed by atoms with Crippen LogP contribution in [-0.4, -0.2) is 73.4 Å². The maximum Gasteiger partial charge on any atom is 0.227 e. The Morgan fingerprint density at radius 3 is 2.35 bits per heavy atom. The van der Waals surface area contributed by atoms with Crippen LogP contribution in [0.1, 0.15) is 17.9 Å². The van der Waals surface area contributed by atoms with E-state index in [1.165, 1.54) is 0 Å². The van der Waals surface area contributed by atoms with E-state index in [1.807, 2.05) is 47.4 Å². The van der Waals surface area contributed by atoms with Gasteiger partial charge in [0.05, 0.1) is 21.3 Å². The van der Waals surface area contributed by atoms with Crippen molar-refractivity contribution in [2.75, 3.05) is 47.5 Å². The lowest BCUT2D eigenvalue weighted by Crippen LogP contribution is -2.48. The second-order valence-corrected chi connectivity index (χ2v) is 8.09. The highest BCUT2D eigenvalue weighted by Crippen LogP contribution is 2.28. The lowest BCUT2D eigenvalue weighted by molar-refractivity contribution is -0.133. The normalized spacial score (nSPS) is 14.1. The number of piperazine rings is 1. The van der Waals surface area contributed by atoms with Crippen LogP contribution in [0.4, 0.5) is 0 Å². The number of ether oxygens (including phenoxy) is 3. The van der Waals surface area contributed by atoms with Gasteiger partial charge in [0, 0.05) is 51.1 Å². The summed E-state index contributed by atoms with van der Waals surface area (Å²) in [6.45, 7) is 3.85. The first-order valence-electron chi connectivity index (χ1n) is 11.3. The zero-order chi connectivity index (χ0) is 23.9. The van der Waals surface area contributed by atoms with Crippen LogP contribution in [0.15, 0.2) is 47.0 Å². The minimum atomic E-state index is 0.106. The van der Waals surface area contributed by atoms with Gasteiger partial charge in [-0.2, -0.15) is 4.98 Å². The van der Waals surface area contributed by atoms with Crippen molar-refractivity contribution >= 4 is 5.91 Å². The van der Waals surface area contributed by atoms with Crippen LogP contribution in [0.3, 0.4) is 0 Å². The van der Waals surface area contributed by atoms with Crippen molar-refractivity contribution in [3.8, 4) is 28.6 Å². The highest BCUT2D eigenvalue weighted by Gasteiger charge is 2.22. The van der Waals surface area contributed by atoms with Gasteiger partial charge in [0.2, 0.25) is 17.6 Å². The first kappa shape index (κ1) is 23.6. The average Bonchev–Trinajstić information content (AvgIpc) is 3.37. The molecule has 0 aliphatic carbocycles. The maximum absolute atomic E-state index is 12.7. The third-order valence-corrected chi connectivity index (χ3v) is 5.95. The van der Waals surface area contributed by atoms with Gasteiger partial charge in [-0.15, -0.1) is 0 Å². The molecule has 0 radical (unpaired) electrons. The fraction of sp³-hybridized carbons (Fsp3) is 0.400. The lowest BCUT2D eigenvalue weighted by Gasteiger charge is -2.34. The zero-order valence-corrected chi connectivity index (χ0v) is 19.8. The Balaban J connectivity index is 1.24. The summed E-state index contributed by atoms with van der Waals surface area (Å²) in [5.74, 6) is 3.29. The molecule has 1 aliphatic rings. The number of hydrogen-bond acceptors (Lipinski definition) is 8. The first-order valence-corrected chi connectivity index (χ1v) is 11.3. The molecule has 1 fully saturated rings. The summed E-state index contributed by atoms with van der Waals surface area (Å²) in [6, 6.07) is 13.4. The van der Waals surface area contributed by atoms with Gasteiger partial charge in [-0.3, -0.25) is 9.69 Å².